The Morgan fingerprint density at radius 1 is 1.07 bits per heavy atom. The summed E-state index contributed by atoms with van der Waals surface area (Å²) in [5.41, 5.74) is 3.00. The van der Waals surface area contributed by atoms with E-state index in [-0.39, 0.29) is 0 Å². The van der Waals surface area contributed by atoms with Crippen LogP contribution in [0.1, 0.15) is 18.4 Å². The molecule has 3 heteroatoms. The summed E-state index contributed by atoms with van der Waals surface area (Å²) in [6, 6.07) is 10.1. The first-order valence-corrected chi connectivity index (χ1v) is 5.07. The van der Waals surface area contributed by atoms with E-state index < -0.39 is 0 Å². The monoisotopic (exact) mass is 199 g/mol. The third-order valence-electron chi connectivity index (χ3n) is 2.24. The Morgan fingerprint density at radius 2 is 1.80 bits per heavy atom. The lowest BCUT2D eigenvalue weighted by molar-refractivity contribution is 0.846. The van der Waals surface area contributed by atoms with Crippen LogP contribution >= 0.6 is 0 Å². The van der Waals surface area contributed by atoms with Crippen molar-refractivity contribution in [2.24, 2.45) is 0 Å². The van der Waals surface area contributed by atoms with Gasteiger partial charge < -0.3 is 0 Å². The zero-order chi connectivity index (χ0) is 10.7. The van der Waals surface area contributed by atoms with Gasteiger partial charge >= 0.3 is 0 Å². The summed E-state index contributed by atoms with van der Waals surface area (Å²) < 4.78 is 0. The van der Waals surface area contributed by atoms with Crippen LogP contribution in [0.25, 0.3) is 11.3 Å². The van der Waals surface area contributed by atoms with Crippen LogP contribution in [0.4, 0.5) is 0 Å². The maximum atomic E-state index is 4.44. The smallest absolute Gasteiger partial charge is 0.148 e. The van der Waals surface area contributed by atoms with Gasteiger partial charge in [0.25, 0.3) is 0 Å². The highest BCUT2D eigenvalue weighted by molar-refractivity contribution is 5.61. The number of benzene rings is 1. The SMILES string of the molecule is CCc1nnc(C)nc1-c1ccccc1. The molecule has 15 heavy (non-hydrogen) atoms. The second-order valence-electron chi connectivity index (χ2n) is 3.37. The maximum absolute atomic E-state index is 4.44. The summed E-state index contributed by atoms with van der Waals surface area (Å²) in [6.07, 6.45) is 0.852. The average Bonchev–Trinajstić information content (AvgIpc) is 2.30. The number of rotatable bonds is 2. The van der Waals surface area contributed by atoms with E-state index >= 15 is 0 Å². The van der Waals surface area contributed by atoms with E-state index in [1.807, 2.05) is 37.3 Å². The molecule has 0 fully saturated rings. The first kappa shape index (κ1) is 9.77. The highest BCUT2D eigenvalue weighted by Gasteiger charge is 2.07. The van der Waals surface area contributed by atoms with E-state index in [9.17, 15) is 0 Å². The Hall–Kier alpha value is -1.77. The molecule has 1 aromatic carbocycles. The van der Waals surface area contributed by atoms with Gasteiger partial charge in [-0.15, -0.1) is 5.10 Å². The minimum absolute atomic E-state index is 0.714. The van der Waals surface area contributed by atoms with Crippen molar-refractivity contribution >= 4 is 0 Å². The summed E-state index contributed by atoms with van der Waals surface area (Å²) in [5, 5.41) is 8.14. The molecule has 1 aromatic heterocycles. The third kappa shape index (κ3) is 2.01. The zero-order valence-electron chi connectivity index (χ0n) is 8.94. The first-order valence-electron chi connectivity index (χ1n) is 5.07. The summed E-state index contributed by atoms with van der Waals surface area (Å²) in [6.45, 7) is 3.92. The Morgan fingerprint density at radius 3 is 2.47 bits per heavy atom. The van der Waals surface area contributed by atoms with Crippen molar-refractivity contribution in [2.45, 2.75) is 20.3 Å². The molecule has 0 amide bonds. The van der Waals surface area contributed by atoms with Crippen molar-refractivity contribution in [3.05, 3.63) is 41.9 Å². The Balaban J connectivity index is 2.56. The van der Waals surface area contributed by atoms with Gasteiger partial charge in [-0.2, -0.15) is 5.10 Å². The lowest BCUT2D eigenvalue weighted by atomic mass is 10.1. The van der Waals surface area contributed by atoms with Gasteiger partial charge in [0.2, 0.25) is 0 Å². The van der Waals surface area contributed by atoms with Crippen LogP contribution in [0.3, 0.4) is 0 Å². The van der Waals surface area contributed by atoms with E-state index in [1.54, 1.807) is 0 Å². The molecule has 0 radical (unpaired) electrons. The molecule has 0 saturated carbocycles. The molecule has 2 aromatic rings. The molecule has 76 valence electrons. The van der Waals surface area contributed by atoms with Gasteiger partial charge in [0.1, 0.15) is 5.82 Å². The van der Waals surface area contributed by atoms with Crippen molar-refractivity contribution in [1.29, 1.82) is 0 Å². The number of aryl methyl sites for hydroxylation is 2. The first-order chi connectivity index (χ1) is 7.31. The number of aromatic nitrogens is 3. The van der Waals surface area contributed by atoms with E-state index in [0.717, 1.165) is 23.4 Å². The topological polar surface area (TPSA) is 38.7 Å². The third-order valence-corrected chi connectivity index (χ3v) is 2.24. The van der Waals surface area contributed by atoms with Gasteiger partial charge in [0.15, 0.2) is 0 Å². The normalized spacial score (nSPS) is 10.3. The summed E-state index contributed by atoms with van der Waals surface area (Å²) >= 11 is 0. The molecule has 0 unspecified atom stereocenters. The highest BCUT2D eigenvalue weighted by Crippen LogP contribution is 2.19. The van der Waals surface area contributed by atoms with Crippen molar-refractivity contribution < 1.29 is 0 Å². The van der Waals surface area contributed by atoms with Crippen molar-refractivity contribution in [2.75, 3.05) is 0 Å². The number of hydrogen-bond donors (Lipinski definition) is 0. The molecule has 0 aliphatic rings. The summed E-state index contributed by atoms with van der Waals surface area (Å²) in [7, 11) is 0. The van der Waals surface area contributed by atoms with E-state index in [0.29, 0.717) is 5.82 Å². The minimum Gasteiger partial charge on any atom is -0.229 e. The highest BCUT2D eigenvalue weighted by atomic mass is 15.2. The Labute approximate surface area is 89.2 Å². The summed E-state index contributed by atoms with van der Waals surface area (Å²) in [5.74, 6) is 0.714. The van der Waals surface area contributed by atoms with Gasteiger partial charge in [-0.05, 0) is 13.3 Å². The zero-order valence-corrected chi connectivity index (χ0v) is 8.94. The van der Waals surface area contributed by atoms with Crippen molar-refractivity contribution in [3.8, 4) is 11.3 Å². The van der Waals surface area contributed by atoms with E-state index in [2.05, 4.69) is 22.1 Å². The second kappa shape index (κ2) is 4.17. The fraction of sp³-hybridized carbons (Fsp3) is 0.250. The van der Waals surface area contributed by atoms with Gasteiger partial charge in [0, 0.05) is 5.56 Å². The molecule has 0 N–H and O–H groups in total. The second-order valence-corrected chi connectivity index (χ2v) is 3.37. The number of hydrogen-bond acceptors (Lipinski definition) is 3. The molecule has 0 atom stereocenters. The van der Waals surface area contributed by atoms with Crippen LogP contribution < -0.4 is 0 Å². The molecule has 0 bridgehead atoms. The van der Waals surface area contributed by atoms with Crippen LogP contribution in [-0.2, 0) is 6.42 Å². The van der Waals surface area contributed by atoms with Crippen LogP contribution in [0.2, 0.25) is 0 Å². The standard InChI is InChI=1S/C12H13N3/c1-3-11-12(13-9(2)14-15-11)10-7-5-4-6-8-10/h4-8H,3H2,1-2H3. The predicted octanol–water partition coefficient (Wildman–Crippen LogP) is 2.41. The fourth-order valence-corrected chi connectivity index (χ4v) is 1.49. The van der Waals surface area contributed by atoms with Crippen LogP contribution in [0.15, 0.2) is 30.3 Å². The van der Waals surface area contributed by atoms with E-state index in [1.165, 1.54) is 0 Å². The molecule has 0 aliphatic carbocycles. The lowest BCUT2D eigenvalue weighted by Gasteiger charge is -2.05. The van der Waals surface area contributed by atoms with Gasteiger partial charge in [-0.1, -0.05) is 37.3 Å². The van der Waals surface area contributed by atoms with Gasteiger partial charge in [0.05, 0.1) is 11.4 Å². The quantitative estimate of drug-likeness (QED) is 0.745. The van der Waals surface area contributed by atoms with Gasteiger partial charge in [-0.25, -0.2) is 4.98 Å². The molecular formula is C12H13N3. The van der Waals surface area contributed by atoms with Crippen LogP contribution in [0, 0.1) is 6.92 Å². The Bertz CT molecular complexity index is 452. The molecule has 0 spiro atoms. The molecule has 2 rings (SSSR count). The Kier molecular flexibility index (Phi) is 2.72. The number of nitrogens with zero attached hydrogens (tertiary/aromatic N) is 3. The molecular weight excluding hydrogens is 186 g/mol. The van der Waals surface area contributed by atoms with Crippen LogP contribution in [-0.4, -0.2) is 15.2 Å². The fourth-order valence-electron chi connectivity index (χ4n) is 1.49. The van der Waals surface area contributed by atoms with Crippen molar-refractivity contribution in [3.63, 3.8) is 0 Å². The average molecular weight is 199 g/mol. The van der Waals surface area contributed by atoms with Gasteiger partial charge in [-0.3, -0.25) is 0 Å². The van der Waals surface area contributed by atoms with E-state index in [4.69, 9.17) is 0 Å². The molecule has 3 nitrogen and oxygen atoms in total. The maximum Gasteiger partial charge on any atom is 0.148 e. The summed E-state index contributed by atoms with van der Waals surface area (Å²) in [4.78, 5) is 4.44. The largest absolute Gasteiger partial charge is 0.229 e. The lowest BCUT2D eigenvalue weighted by Crippen LogP contribution is -2.01. The molecule has 0 aliphatic heterocycles. The molecule has 1 heterocycles. The van der Waals surface area contributed by atoms with Crippen LogP contribution in [0.5, 0.6) is 0 Å². The predicted molar refractivity (Wildman–Crippen MR) is 59.4 cm³/mol. The minimum atomic E-state index is 0.714. The van der Waals surface area contributed by atoms with Crippen molar-refractivity contribution in [1.82, 2.24) is 15.2 Å². The molecule has 0 saturated heterocycles.